The maximum absolute atomic E-state index is 10.1. The lowest BCUT2D eigenvalue weighted by Crippen LogP contribution is -2.50. The Hall–Kier alpha value is -0.723. The maximum Gasteiger partial charge on any atom is 0.192 e. The van der Waals surface area contributed by atoms with Crippen molar-refractivity contribution in [1.82, 2.24) is 0 Å². The first kappa shape index (κ1) is 21.0. The first-order valence-electron chi connectivity index (χ1n) is 10.2. The van der Waals surface area contributed by atoms with Crippen LogP contribution in [0.4, 0.5) is 0 Å². The molecule has 0 aromatic heterocycles. The van der Waals surface area contributed by atoms with Gasteiger partial charge >= 0.3 is 0 Å². The van der Waals surface area contributed by atoms with E-state index in [1.165, 1.54) is 5.56 Å². The summed E-state index contributed by atoms with van der Waals surface area (Å²) in [5, 5.41) is 10.2. The van der Waals surface area contributed by atoms with Gasteiger partial charge in [-0.25, -0.2) is 0 Å². The third-order valence-electron chi connectivity index (χ3n) is 6.81. The van der Waals surface area contributed by atoms with E-state index in [4.69, 9.17) is 13.9 Å². The van der Waals surface area contributed by atoms with E-state index in [9.17, 15) is 5.11 Å². The molecule has 27 heavy (non-hydrogen) atoms. The summed E-state index contributed by atoms with van der Waals surface area (Å²) in [6, 6.07) is 10.7. The predicted octanol–water partition coefficient (Wildman–Crippen LogP) is 4.84. The van der Waals surface area contributed by atoms with Gasteiger partial charge in [0.1, 0.15) is 5.60 Å². The van der Waals surface area contributed by atoms with Crippen LogP contribution in [0, 0.1) is 0 Å². The van der Waals surface area contributed by atoms with Crippen molar-refractivity contribution in [3.63, 3.8) is 0 Å². The molecular formula is C22H36O4Si. The molecular weight excluding hydrogens is 356 g/mol. The molecule has 1 atom stereocenters. The monoisotopic (exact) mass is 392 g/mol. The van der Waals surface area contributed by atoms with Gasteiger partial charge in [-0.1, -0.05) is 51.1 Å². The smallest absolute Gasteiger partial charge is 0.192 e. The highest BCUT2D eigenvalue weighted by Crippen LogP contribution is 2.46. The second kappa shape index (κ2) is 7.60. The van der Waals surface area contributed by atoms with Crippen LogP contribution in [0.5, 0.6) is 0 Å². The number of hydrogen-bond acceptors (Lipinski definition) is 4. The van der Waals surface area contributed by atoms with E-state index in [0.29, 0.717) is 19.1 Å². The first-order chi connectivity index (χ1) is 12.6. The molecule has 2 fully saturated rings. The molecule has 0 bridgehead atoms. The third kappa shape index (κ3) is 4.48. The topological polar surface area (TPSA) is 47.9 Å². The quantitative estimate of drug-likeness (QED) is 0.729. The molecule has 4 nitrogen and oxygen atoms in total. The molecule has 1 aromatic rings. The number of ether oxygens (including phenoxy) is 2. The summed E-state index contributed by atoms with van der Waals surface area (Å²) < 4.78 is 19.0. The minimum Gasteiger partial charge on any atom is -0.414 e. The van der Waals surface area contributed by atoms with Crippen LogP contribution in [-0.2, 0) is 13.9 Å². The van der Waals surface area contributed by atoms with E-state index in [1.54, 1.807) is 0 Å². The highest BCUT2D eigenvalue weighted by Gasteiger charge is 2.53. The molecule has 3 rings (SSSR count). The normalized spacial score (nSPS) is 32.1. The minimum atomic E-state index is -1.90. The zero-order valence-corrected chi connectivity index (χ0v) is 18.6. The van der Waals surface area contributed by atoms with Gasteiger partial charge < -0.3 is 19.0 Å². The Kier molecular flexibility index (Phi) is 5.91. The zero-order valence-electron chi connectivity index (χ0n) is 17.6. The van der Waals surface area contributed by atoms with E-state index in [1.807, 2.05) is 0 Å². The van der Waals surface area contributed by atoms with Gasteiger partial charge in [-0.2, -0.15) is 0 Å². The fourth-order valence-electron chi connectivity index (χ4n) is 3.80. The third-order valence-corrected chi connectivity index (χ3v) is 11.3. The lowest BCUT2D eigenvalue weighted by atomic mass is 9.81. The molecule has 2 aliphatic rings. The van der Waals surface area contributed by atoms with Gasteiger partial charge in [0.15, 0.2) is 14.1 Å². The van der Waals surface area contributed by atoms with E-state index < -0.39 is 19.7 Å². The molecule has 1 saturated carbocycles. The van der Waals surface area contributed by atoms with Gasteiger partial charge in [0.05, 0.1) is 19.8 Å². The van der Waals surface area contributed by atoms with Crippen molar-refractivity contribution in [3.8, 4) is 0 Å². The number of aliphatic hydroxyl groups excluding tert-OH is 1. The molecule has 1 unspecified atom stereocenters. The van der Waals surface area contributed by atoms with Crippen LogP contribution < -0.4 is 0 Å². The molecule has 1 saturated heterocycles. The van der Waals surface area contributed by atoms with Crippen molar-refractivity contribution in [1.29, 1.82) is 0 Å². The SMILES string of the molecule is CC(C)(C)[Si](C)(C)OCC1(CO)COC2(CCC(c3ccccc3)CC2)O1. The zero-order chi connectivity index (χ0) is 19.8. The Morgan fingerprint density at radius 2 is 1.78 bits per heavy atom. The Morgan fingerprint density at radius 1 is 1.15 bits per heavy atom. The summed E-state index contributed by atoms with van der Waals surface area (Å²) >= 11 is 0. The van der Waals surface area contributed by atoms with Gasteiger partial charge in [-0.05, 0) is 42.5 Å². The Morgan fingerprint density at radius 3 is 2.33 bits per heavy atom. The summed E-state index contributed by atoms with van der Waals surface area (Å²) in [7, 11) is -1.90. The molecule has 1 aliphatic heterocycles. The summed E-state index contributed by atoms with van der Waals surface area (Å²) in [4.78, 5) is 0. The number of hydrogen-bond donors (Lipinski definition) is 1. The lowest BCUT2D eigenvalue weighted by Gasteiger charge is -2.40. The van der Waals surface area contributed by atoms with Crippen molar-refractivity contribution in [2.45, 2.75) is 81.9 Å². The Balaban J connectivity index is 1.61. The summed E-state index contributed by atoms with van der Waals surface area (Å²) in [6.07, 6.45) is 3.84. The standard InChI is InChI=1S/C22H36O4Si/c1-20(2,3)27(4,5)25-17-21(15-23)16-24-22(26-21)13-11-19(12-14-22)18-9-7-6-8-10-18/h6-10,19,23H,11-17H2,1-5H3. The highest BCUT2D eigenvalue weighted by atomic mass is 28.4. The molecule has 1 aromatic carbocycles. The molecule has 0 radical (unpaired) electrons. The number of benzene rings is 1. The van der Waals surface area contributed by atoms with Gasteiger partial charge in [0.2, 0.25) is 0 Å². The number of rotatable bonds is 5. The van der Waals surface area contributed by atoms with Crippen LogP contribution in [-0.4, -0.2) is 44.6 Å². The molecule has 1 heterocycles. The second-order valence-electron chi connectivity index (χ2n) is 9.88. The fraction of sp³-hybridized carbons (Fsp3) is 0.727. The maximum atomic E-state index is 10.1. The minimum absolute atomic E-state index is 0.0640. The second-order valence-corrected chi connectivity index (χ2v) is 14.7. The molecule has 0 amide bonds. The van der Waals surface area contributed by atoms with Gasteiger partial charge in [-0.3, -0.25) is 0 Å². The molecule has 152 valence electrons. The Bertz CT molecular complexity index is 617. The van der Waals surface area contributed by atoms with E-state index in [2.05, 4.69) is 64.2 Å². The van der Waals surface area contributed by atoms with Crippen LogP contribution in [0.2, 0.25) is 18.1 Å². The molecule has 1 spiro atoms. The van der Waals surface area contributed by atoms with Crippen molar-refractivity contribution in [3.05, 3.63) is 35.9 Å². The van der Waals surface area contributed by atoms with E-state index in [-0.39, 0.29) is 11.6 Å². The Labute approximate surface area is 165 Å². The van der Waals surface area contributed by atoms with E-state index in [0.717, 1.165) is 25.7 Å². The average Bonchev–Trinajstić information content (AvgIpc) is 3.00. The highest BCUT2D eigenvalue weighted by molar-refractivity contribution is 6.74. The van der Waals surface area contributed by atoms with Crippen LogP contribution in [0.1, 0.15) is 57.9 Å². The molecule has 1 aliphatic carbocycles. The van der Waals surface area contributed by atoms with Crippen molar-refractivity contribution in [2.24, 2.45) is 0 Å². The molecule has 5 heteroatoms. The van der Waals surface area contributed by atoms with Crippen LogP contribution in [0.3, 0.4) is 0 Å². The van der Waals surface area contributed by atoms with Crippen molar-refractivity contribution >= 4 is 8.32 Å². The van der Waals surface area contributed by atoms with E-state index >= 15 is 0 Å². The first-order valence-corrected chi connectivity index (χ1v) is 13.2. The fourth-order valence-corrected chi connectivity index (χ4v) is 4.86. The summed E-state index contributed by atoms with van der Waals surface area (Å²) in [5.41, 5.74) is 0.676. The van der Waals surface area contributed by atoms with Gasteiger partial charge in [0, 0.05) is 12.8 Å². The largest absolute Gasteiger partial charge is 0.414 e. The summed E-state index contributed by atoms with van der Waals surface area (Å²) in [5.74, 6) is 0.0155. The van der Waals surface area contributed by atoms with Crippen LogP contribution in [0.25, 0.3) is 0 Å². The van der Waals surface area contributed by atoms with Crippen LogP contribution >= 0.6 is 0 Å². The predicted molar refractivity (Wildman–Crippen MR) is 110 cm³/mol. The lowest BCUT2D eigenvalue weighted by molar-refractivity contribution is -0.216. The van der Waals surface area contributed by atoms with Crippen molar-refractivity contribution < 1.29 is 19.0 Å². The van der Waals surface area contributed by atoms with Gasteiger partial charge in [0.25, 0.3) is 0 Å². The van der Waals surface area contributed by atoms with Crippen molar-refractivity contribution in [2.75, 3.05) is 19.8 Å². The van der Waals surface area contributed by atoms with Gasteiger partial charge in [-0.15, -0.1) is 0 Å². The van der Waals surface area contributed by atoms with Crippen LogP contribution in [0.15, 0.2) is 30.3 Å². The average molecular weight is 393 g/mol. The number of aliphatic hydroxyl groups is 1. The summed E-state index contributed by atoms with van der Waals surface area (Å²) in [6.45, 7) is 11.9. The molecule has 1 N–H and O–H groups in total.